The van der Waals surface area contributed by atoms with E-state index in [9.17, 15) is 9.18 Å². The molecule has 5 aromatic rings. The Morgan fingerprint density at radius 3 is 2.64 bits per heavy atom. The van der Waals surface area contributed by atoms with Gasteiger partial charge in [0.05, 0.1) is 21.8 Å². The van der Waals surface area contributed by atoms with Crippen molar-refractivity contribution in [3.05, 3.63) is 101 Å². The van der Waals surface area contributed by atoms with Crippen LogP contribution in [-0.4, -0.2) is 16.0 Å². The zero-order valence-electron chi connectivity index (χ0n) is 17.5. The second kappa shape index (κ2) is 8.77. The van der Waals surface area contributed by atoms with Gasteiger partial charge in [0.1, 0.15) is 22.8 Å². The number of hydrogen-bond donors (Lipinski definition) is 0. The van der Waals surface area contributed by atoms with Gasteiger partial charge >= 0.3 is 0 Å². The van der Waals surface area contributed by atoms with Crippen LogP contribution in [0.3, 0.4) is 0 Å². The van der Waals surface area contributed by atoms with Crippen LogP contribution in [0.25, 0.3) is 21.5 Å². The summed E-state index contributed by atoms with van der Waals surface area (Å²) in [6.45, 7) is 1.96. The van der Waals surface area contributed by atoms with Crippen LogP contribution >= 0.6 is 22.9 Å². The Bertz CT molecular complexity index is 1470. The van der Waals surface area contributed by atoms with Gasteiger partial charge in [0.2, 0.25) is 0 Å². The number of fused-ring (bicyclic) bond motifs is 1. The number of aryl methyl sites for hydroxylation is 1. The molecule has 0 saturated heterocycles. The van der Waals surface area contributed by atoms with Crippen LogP contribution in [0.1, 0.15) is 21.7 Å². The van der Waals surface area contributed by atoms with Crippen LogP contribution in [0, 0.1) is 12.7 Å². The van der Waals surface area contributed by atoms with Crippen molar-refractivity contribution >= 4 is 44.2 Å². The van der Waals surface area contributed by atoms with Gasteiger partial charge in [-0.2, -0.15) is 0 Å². The fourth-order valence-electron chi connectivity index (χ4n) is 3.59. The predicted molar refractivity (Wildman–Crippen MR) is 128 cm³/mol. The summed E-state index contributed by atoms with van der Waals surface area (Å²) < 4.78 is 19.8. The van der Waals surface area contributed by atoms with Gasteiger partial charge in [-0.25, -0.2) is 9.37 Å². The van der Waals surface area contributed by atoms with Crippen molar-refractivity contribution in [2.24, 2.45) is 0 Å². The Kier molecular flexibility index (Phi) is 5.66. The van der Waals surface area contributed by atoms with E-state index in [0.717, 1.165) is 5.56 Å². The molecule has 0 atom stereocenters. The minimum Gasteiger partial charge on any atom is -0.360 e. The molecule has 2 aromatic heterocycles. The minimum absolute atomic E-state index is 0.272. The number of benzene rings is 3. The van der Waals surface area contributed by atoms with Gasteiger partial charge in [0, 0.05) is 5.56 Å². The lowest BCUT2D eigenvalue weighted by atomic mass is 10.0. The number of amides is 1. The second-order valence-electron chi connectivity index (χ2n) is 7.43. The standard InChI is InChI=1S/C25H17ClFN3O2S/c1-15-22(23(29-32-15)18-9-5-6-10-19(18)26)24(31)30(14-16-7-3-2-4-8-16)25-28-20-12-11-17(27)13-21(20)33-25/h2-13H,14H2,1H3. The summed E-state index contributed by atoms with van der Waals surface area (Å²) in [6.07, 6.45) is 0. The van der Waals surface area contributed by atoms with E-state index in [2.05, 4.69) is 10.1 Å². The molecule has 3 aromatic carbocycles. The van der Waals surface area contributed by atoms with E-state index < -0.39 is 0 Å². The highest BCUT2D eigenvalue weighted by molar-refractivity contribution is 7.22. The molecule has 0 saturated carbocycles. The molecule has 0 aliphatic heterocycles. The van der Waals surface area contributed by atoms with Crippen molar-refractivity contribution in [1.29, 1.82) is 0 Å². The van der Waals surface area contributed by atoms with Gasteiger partial charge in [0.25, 0.3) is 5.91 Å². The normalized spacial score (nSPS) is 11.1. The van der Waals surface area contributed by atoms with Crippen molar-refractivity contribution in [3.63, 3.8) is 0 Å². The summed E-state index contributed by atoms with van der Waals surface area (Å²) >= 11 is 7.64. The molecule has 5 rings (SSSR count). The quantitative estimate of drug-likeness (QED) is 0.276. The van der Waals surface area contributed by atoms with Crippen LogP contribution in [0.15, 0.2) is 77.3 Å². The van der Waals surface area contributed by atoms with Crippen molar-refractivity contribution in [3.8, 4) is 11.3 Å². The van der Waals surface area contributed by atoms with Crippen LogP contribution in [0.4, 0.5) is 9.52 Å². The number of thiazole rings is 1. The molecule has 33 heavy (non-hydrogen) atoms. The molecule has 0 N–H and O–H groups in total. The highest BCUT2D eigenvalue weighted by Gasteiger charge is 2.29. The van der Waals surface area contributed by atoms with E-state index in [1.54, 1.807) is 30.0 Å². The number of aromatic nitrogens is 2. The van der Waals surface area contributed by atoms with Crippen molar-refractivity contribution < 1.29 is 13.7 Å². The lowest BCUT2D eigenvalue weighted by molar-refractivity contribution is 0.0984. The summed E-state index contributed by atoms with van der Waals surface area (Å²) in [7, 11) is 0. The molecular weight excluding hydrogens is 461 g/mol. The molecule has 0 bridgehead atoms. The minimum atomic E-state index is -0.352. The lowest BCUT2D eigenvalue weighted by Crippen LogP contribution is -2.31. The molecule has 0 aliphatic carbocycles. The largest absolute Gasteiger partial charge is 0.360 e. The fourth-order valence-corrected chi connectivity index (χ4v) is 4.80. The number of nitrogens with zero attached hydrogens (tertiary/aromatic N) is 3. The fraction of sp³-hybridized carbons (Fsp3) is 0.0800. The first-order valence-electron chi connectivity index (χ1n) is 10.1. The molecule has 0 aliphatic rings. The molecule has 2 heterocycles. The first-order valence-corrected chi connectivity index (χ1v) is 11.3. The summed E-state index contributed by atoms with van der Waals surface area (Å²) in [5.41, 5.74) is 2.82. The van der Waals surface area contributed by atoms with Gasteiger partial charge in [-0.15, -0.1) is 0 Å². The predicted octanol–water partition coefficient (Wildman–Crippen LogP) is 6.90. The number of rotatable bonds is 5. The second-order valence-corrected chi connectivity index (χ2v) is 8.84. The summed E-state index contributed by atoms with van der Waals surface area (Å²) in [5.74, 6) is -0.304. The maximum absolute atomic E-state index is 14.0. The van der Waals surface area contributed by atoms with E-state index in [0.29, 0.717) is 43.0 Å². The van der Waals surface area contributed by atoms with Gasteiger partial charge in [-0.1, -0.05) is 76.6 Å². The third-order valence-electron chi connectivity index (χ3n) is 5.20. The number of carbonyl (C=O) groups excluding carboxylic acids is 1. The molecule has 164 valence electrons. The van der Waals surface area contributed by atoms with Crippen LogP contribution in [0.5, 0.6) is 0 Å². The summed E-state index contributed by atoms with van der Waals surface area (Å²) in [5, 5.41) is 5.05. The van der Waals surface area contributed by atoms with Gasteiger partial charge in [-0.3, -0.25) is 9.69 Å². The topological polar surface area (TPSA) is 59.2 Å². The highest BCUT2D eigenvalue weighted by Crippen LogP contribution is 2.35. The SMILES string of the molecule is Cc1onc(-c2ccccc2Cl)c1C(=O)N(Cc1ccccc1)c1nc2ccc(F)cc2s1. The third kappa shape index (κ3) is 4.13. The third-order valence-corrected chi connectivity index (χ3v) is 6.58. The van der Waals surface area contributed by atoms with Crippen molar-refractivity contribution in [2.45, 2.75) is 13.5 Å². The van der Waals surface area contributed by atoms with E-state index in [1.807, 2.05) is 42.5 Å². The van der Waals surface area contributed by atoms with Crippen LogP contribution in [-0.2, 0) is 6.54 Å². The molecule has 0 fully saturated rings. The number of anilines is 1. The van der Waals surface area contributed by atoms with Crippen LogP contribution in [0.2, 0.25) is 5.02 Å². The van der Waals surface area contributed by atoms with E-state index in [1.165, 1.54) is 23.5 Å². The maximum Gasteiger partial charge on any atom is 0.266 e. The smallest absolute Gasteiger partial charge is 0.266 e. The van der Waals surface area contributed by atoms with E-state index in [-0.39, 0.29) is 18.3 Å². The van der Waals surface area contributed by atoms with Gasteiger partial charge < -0.3 is 4.52 Å². The monoisotopic (exact) mass is 477 g/mol. The summed E-state index contributed by atoms with van der Waals surface area (Å²) in [6, 6.07) is 21.1. The first-order chi connectivity index (χ1) is 16.0. The maximum atomic E-state index is 14.0. The Labute approximate surface area is 198 Å². The zero-order chi connectivity index (χ0) is 22.9. The number of halogens is 2. The van der Waals surface area contributed by atoms with Crippen molar-refractivity contribution in [1.82, 2.24) is 10.1 Å². The molecule has 0 radical (unpaired) electrons. The van der Waals surface area contributed by atoms with Crippen LogP contribution < -0.4 is 4.90 Å². The molecule has 1 amide bonds. The number of carbonyl (C=O) groups is 1. The first kappa shape index (κ1) is 21.3. The average molecular weight is 478 g/mol. The lowest BCUT2D eigenvalue weighted by Gasteiger charge is -2.20. The molecule has 0 spiro atoms. The highest BCUT2D eigenvalue weighted by atomic mass is 35.5. The van der Waals surface area contributed by atoms with Gasteiger partial charge in [-0.05, 0) is 36.8 Å². The average Bonchev–Trinajstić information content (AvgIpc) is 3.41. The Hall–Kier alpha value is -3.55. The summed E-state index contributed by atoms with van der Waals surface area (Å²) in [4.78, 5) is 20.1. The Morgan fingerprint density at radius 1 is 1.09 bits per heavy atom. The zero-order valence-corrected chi connectivity index (χ0v) is 19.0. The molecule has 8 heteroatoms. The molecular formula is C25H17ClFN3O2S. The van der Waals surface area contributed by atoms with E-state index in [4.69, 9.17) is 16.1 Å². The Morgan fingerprint density at radius 2 is 1.85 bits per heavy atom. The van der Waals surface area contributed by atoms with E-state index >= 15 is 0 Å². The van der Waals surface area contributed by atoms with Crippen molar-refractivity contribution in [2.75, 3.05) is 4.90 Å². The Balaban J connectivity index is 1.63. The molecule has 0 unspecified atom stereocenters. The molecule has 5 nitrogen and oxygen atoms in total. The van der Waals surface area contributed by atoms with Gasteiger partial charge in [0.15, 0.2) is 5.13 Å². The number of hydrogen-bond acceptors (Lipinski definition) is 5.